The number of nitrogens with one attached hydrogen (secondary N) is 1. The summed E-state index contributed by atoms with van der Waals surface area (Å²) in [4.78, 5) is 24.9. The van der Waals surface area contributed by atoms with Gasteiger partial charge in [0.05, 0.1) is 17.5 Å². The Kier molecular flexibility index (Phi) is 5.18. The molecule has 152 valence electrons. The average Bonchev–Trinajstić information content (AvgIpc) is 3.22. The molecule has 3 aromatic rings. The Morgan fingerprint density at radius 3 is 2.69 bits per heavy atom. The van der Waals surface area contributed by atoms with Crippen LogP contribution in [-0.4, -0.2) is 26.8 Å². The van der Waals surface area contributed by atoms with Gasteiger partial charge in [-0.2, -0.15) is 0 Å². The molecule has 2 N–H and O–H groups in total. The number of imidazole rings is 1. The molecule has 0 fully saturated rings. The molecule has 0 amide bonds. The third-order valence-corrected chi connectivity index (χ3v) is 5.94. The first-order valence-corrected chi connectivity index (χ1v) is 10.3. The predicted molar refractivity (Wildman–Crippen MR) is 115 cm³/mol. The first kappa shape index (κ1) is 19.3. The van der Waals surface area contributed by atoms with Gasteiger partial charge in [0.25, 0.3) is 0 Å². The lowest BCUT2D eigenvalue weighted by Crippen LogP contribution is -2.30. The molecule has 4 rings (SSSR count). The van der Waals surface area contributed by atoms with Crippen LogP contribution in [0.15, 0.2) is 47.3 Å². The molecule has 0 saturated heterocycles. The van der Waals surface area contributed by atoms with Crippen LogP contribution in [0.3, 0.4) is 0 Å². The van der Waals surface area contributed by atoms with E-state index in [0.29, 0.717) is 13.0 Å². The molecule has 6 nitrogen and oxygen atoms in total. The molecule has 6 heteroatoms. The smallest absolute Gasteiger partial charge is 0.329 e. The number of aliphatic carboxylic acids is 1. The second kappa shape index (κ2) is 7.78. The van der Waals surface area contributed by atoms with Gasteiger partial charge in [-0.1, -0.05) is 37.6 Å². The Labute approximate surface area is 169 Å². The highest BCUT2D eigenvalue weighted by Crippen LogP contribution is 2.35. The zero-order valence-corrected chi connectivity index (χ0v) is 16.9. The molecular formula is C23H27N3O3. The number of aryl methyl sites for hydroxylation is 1. The lowest BCUT2D eigenvalue weighted by Gasteiger charge is -2.16. The minimum atomic E-state index is -0.878. The lowest BCUT2D eigenvalue weighted by molar-refractivity contribution is -0.137. The summed E-state index contributed by atoms with van der Waals surface area (Å²) in [7, 11) is 0. The van der Waals surface area contributed by atoms with Gasteiger partial charge >= 0.3 is 11.7 Å². The number of hydrogen-bond acceptors (Lipinski definition) is 3. The molecule has 1 aliphatic heterocycles. The normalized spacial score (nSPS) is 16.6. The van der Waals surface area contributed by atoms with Crippen LogP contribution >= 0.6 is 0 Å². The summed E-state index contributed by atoms with van der Waals surface area (Å²) in [6.07, 6.45) is 1.44. The second-order valence-corrected chi connectivity index (χ2v) is 7.91. The number of aromatic nitrogens is 2. The van der Waals surface area contributed by atoms with Crippen LogP contribution in [0.2, 0.25) is 0 Å². The van der Waals surface area contributed by atoms with Crippen molar-refractivity contribution in [3.8, 4) is 0 Å². The monoisotopic (exact) mass is 393 g/mol. The minimum absolute atomic E-state index is 0.0469. The zero-order valence-electron chi connectivity index (χ0n) is 16.9. The number of anilines is 1. The molecule has 2 heterocycles. The van der Waals surface area contributed by atoms with Crippen LogP contribution < -0.4 is 11.0 Å². The quantitative estimate of drug-likeness (QED) is 0.633. The Morgan fingerprint density at radius 2 is 1.97 bits per heavy atom. The maximum atomic E-state index is 13.5. The molecule has 1 aromatic heterocycles. The molecule has 2 aromatic carbocycles. The van der Waals surface area contributed by atoms with Crippen molar-refractivity contribution in [2.24, 2.45) is 0 Å². The van der Waals surface area contributed by atoms with E-state index in [2.05, 4.69) is 24.4 Å². The molecule has 0 bridgehead atoms. The fourth-order valence-electron chi connectivity index (χ4n) is 4.71. The van der Waals surface area contributed by atoms with E-state index in [0.717, 1.165) is 29.7 Å². The van der Waals surface area contributed by atoms with Crippen molar-refractivity contribution in [3.63, 3.8) is 0 Å². The molecule has 0 aliphatic carbocycles. The van der Waals surface area contributed by atoms with Gasteiger partial charge in [-0.25, -0.2) is 4.79 Å². The molecule has 0 radical (unpaired) electrons. The van der Waals surface area contributed by atoms with Gasteiger partial charge in [-0.3, -0.25) is 13.9 Å². The molecule has 29 heavy (non-hydrogen) atoms. The Hall–Kier alpha value is -3.02. The minimum Gasteiger partial charge on any atom is -0.481 e. The van der Waals surface area contributed by atoms with Gasteiger partial charge in [-0.05, 0) is 42.7 Å². The lowest BCUT2D eigenvalue weighted by atomic mass is 9.96. The summed E-state index contributed by atoms with van der Waals surface area (Å²) < 4.78 is 3.53. The third-order valence-electron chi connectivity index (χ3n) is 5.94. The van der Waals surface area contributed by atoms with E-state index in [1.807, 2.05) is 41.8 Å². The fraction of sp³-hybridized carbons (Fsp3) is 0.391. The summed E-state index contributed by atoms with van der Waals surface area (Å²) in [6, 6.07) is 13.6. The van der Waals surface area contributed by atoms with Crippen molar-refractivity contribution in [2.75, 3.05) is 11.9 Å². The molecule has 0 spiro atoms. The highest BCUT2D eigenvalue weighted by Gasteiger charge is 2.27. The highest BCUT2D eigenvalue weighted by molar-refractivity contribution is 5.77. The number of carboxylic acids is 1. The van der Waals surface area contributed by atoms with Gasteiger partial charge < -0.3 is 10.4 Å². The van der Waals surface area contributed by atoms with E-state index in [1.54, 1.807) is 4.57 Å². The van der Waals surface area contributed by atoms with Crippen LogP contribution in [-0.2, 0) is 11.3 Å². The average molecular weight is 393 g/mol. The number of nitrogens with zero attached hydrogens (tertiary/aromatic N) is 2. The van der Waals surface area contributed by atoms with Crippen molar-refractivity contribution >= 4 is 22.7 Å². The number of hydrogen-bond donors (Lipinski definition) is 2. The zero-order chi connectivity index (χ0) is 20.5. The van der Waals surface area contributed by atoms with Crippen molar-refractivity contribution in [3.05, 3.63) is 64.1 Å². The number of para-hydroxylation sites is 2. The molecule has 2 atom stereocenters. The molecule has 2 unspecified atom stereocenters. The van der Waals surface area contributed by atoms with Gasteiger partial charge in [0, 0.05) is 30.7 Å². The van der Waals surface area contributed by atoms with Gasteiger partial charge in [0.1, 0.15) is 0 Å². The molecule has 1 aliphatic rings. The van der Waals surface area contributed by atoms with Crippen molar-refractivity contribution in [1.82, 2.24) is 9.13 Å². The van der Waals surface area contributed by atoms with Crippen LogP contribution in [0.4, 0.5) is 5.69 Å². The topological polar surface area (TPSA) is 76.3 Å². The van der Waals surface area contributed by atoms with Crippen molar-refractivity contribution in [2.45, 2.75) is 51.6 Å². The van der Waals surface area contributed by atoms with Crippen molar-refractivity contribution < 1.29 is 9.90 Å². The summed E-state index contributed by atoms with van der Waals surface area (Å²) in [6.45, 7) is 5.49. The second-order valence-electron chi connectivity index (χ2n) is 7.91. The first-order chi connectivity index (χ1) is 14.0. The van der Waals surface area contributed by atoms with E-state index in [-0.39, 0.29) is 24.1 Å². The van der Waals surface area contributed by atoms with E-state index < -0.39 is 5.97 Å². The third kappa shape index (κ3) is 3.43. The summed E-state index contributed by atoms with van der Waals surface area (Å²) in [5.41, 5.74) is 5.20. The molecular weight excluding hydrogens is 366 g/mol. The van der Waals surface area contributed by atoms with Crippen molar-refractivity contribution in [1.29, 1.82) is 0 Å². The van der Waals surface area contributed by atoms with E-state index in [1.165, 1.54) is 11.1 Å². The Morgan fingerprint density at radius 1 is 1.21 bits per heavy atom. The fourth-order valence-corrected chi connectivity index (χ4v) is 4.71. The highest BCUT2D eigenvalue weighted by atomic mass is 16.4. The number of fused-ring (bicyclic) bond motifs is 2. The van der Waals surface area contributed by atoms with Crippen LogP contribution in [0, 0.1) is 6.92 Å². The van der Waals surface area contributed by atoms with Crippen LogP contribution in [0.1, 0.15) is 49.3 Å². The maximum absolute atomic E-state index is 13.5. The number of benzene rings is 2. The Balaban J connectivity index is 1.80. The van der Waals surface area contributed by atoms with Crippen LogP contribution in [0.5, 0.6) is 0 Å². The van der Waals surface area contributed by atoms with Gasteiger partial charge in [-0.15, -0.1) is 0 Å². The van der Waals surface area contributed by atoms with E-state index in [4.69, 9.17) is 0 Å². The Bertz CT molecular complexity index is 1110. The first-order valence-electron chi connectivity index (χ1n) is 10.3. The van der Waals surface area contributed by atoms with Gasteiger partial charge in [0.15, 0.2) is 0 Å². The van der Waals surface area contributed by atoms with E-state index in [9.17, 15) is 14.7 Å². The summed E-state index contributed by atoms with van der Waals surface area (Å²) in [5.74, 6) is -0.677. The predicted octanol–water partition coefficient (Wildman–Crippen LogP) is 4.14. The maximum Gasteiger partial charge on any atom is 0.329 e. The SMILES string of the molecule is CCCC(CC(=O)O)n1c(=O)n(CC2CNc3cccc(C)c32)c2ccccc21. The standard InChI is InChI=1S/C23H27N3O3/c1-3-7-17(12-21(27)28)26-20-11-5-4-10-19(20)25(23(26)29)14-16-13-24-18-9-6-8-15(2)22(16)18/h4-6,8-11,16-17,24H,3,7,12-14H2,1-2H3,(H,27,28). The van der Waals surface area contributed by atoms with Gasteiger partial charge in [0.2, 0.25) is 0 Å². The number of carboxylic acid groups (broad SMARTS) is 1. The number of rotatable bonds is 7. The van der Waals surface area contributed by atoms with E-state index >= 15 is 0 Å². The van der Waals surface area contributed by atoms with Crippen LogP contribution in [0.25, 0.3) is 11.0 Å². The molecule has 0 saturated carbocycles. The number of carbonyl (C=O) groups is 1. The summed E-state index contributed by atoms with van der Waals surface area (Å²) >= 11 is 0. The summed E-state index contributed by atoms with van der Waals surface area (Å²) in [5, 5.41) is 12.8. The largest absolute Gasteiger partial charge is 0.481 e.